The Morgan fingerprint density at radius 2 is 1.62 bits per heavy atom. The number of furan rings is 1. The third-order valence-electron chi connectivity index (χ3n) is 5.06. The minimum atomic E-state index is -3.68. The van der Waals surface area contributed by atoms with Crippen molar-refractivity contribution in [2.75, 3.05) is 6.61 Å². The summed E-state index contributed by atoms with van der Waals surface area (Å²) in [6, 6.07) is 16.5. The quantitative estimate of drug-likeness (QED) is 0.449. The van der Waals surface area contributed by atoms with Gasteiger partial charge in [-0.1, -0.05) is 45.0 Å². The van der Waals surface area contributed by atoms with Crippen LogP contribution in [0.25, 0.3) is 0 Å². The molecule has 0 aliphatic heterocycles. The standard InChI is InChI=1S/C25H28N2O6S/c1-25(2,3)20-10-12-22(13-11-20)34(30,31)27-15-18-6-8-19(9-7-18)24(29)33-17-23(28)26-16-21-5-4-14-32-21/h4-14,27H,15-17H2,1-3H3,(H,26,28). The van der Waals surface area contributed by atoms with Gasteiger partial charge in [-0.2, -0.15) is 0 Å². The molecule has 0 unspecified atom stereocenters. The molecule has 9 heteroatoms. The van der Waals surface area contributed by atoms with Crippen LogP contribution in [-0.2, 0) is 38.1 Å². The summed E-state index contributed by atoms with van der Waals surface area (Å²) in [5.41, 5.74) is 1.90. The van der Waals surface area contributed by atoms with Gasteiger partial charge in [-0.05, 0) is 52.9 Å². The number of amides is 1. The molecule has 3 rings (SSSR count). The number of hydrogen-bond acceptors (Lipinski definition) is 6. The van der Waals surface area contributed by atoms with Crippen molar-refractivity contribution in [3.05, 3.63) is 89.4 Å². The van der Waals surface area contributed by atoms with Gasteiger partial charge in [0, 0.05) is 6.54 Å². The molecule has 0 bridgehead atoms. The highest BCUT2D eigenvalue weighted by Crippen LogP contribution is 2.23. The predicted molar refractivity (Wildman–Crippen MR) is 126 cm³/mol. The molecule has 1 amide bonds. The lowest BCUT2D eigenvalue weighted by molar-refractivity contribution is -0.124. The number of nitrogens with one attached hydrogen (secondary N) is 2. The lowest BCUT2D eigenvalue weighted by Gasteiger charge is -2.19. The molecule has 0 saturated heterocycles. The van der Waals surface area contributed by atoms with E-state index < -0.39 is 28.5 Å². The molecule has 1 heterocycles. The van der Waals surface area contributed by atoms with Gasteiger partial charge in [0.25, 0.3) is 5.91 Å². The van der Waals surface area contributed by atoms with Gasteiger partial charge in [0.05, 0.1) is 23.3 Å². The van der Waals surface area contributed by atoms with Crippen LogP contribution in [-0.4, -0.2) is 26.9 Å². The summed E-state index contributed by atoms with van der Waals surface area (Å²) in [6.07, 6.45) is 1.50. The molecular formula is C25H28N2O6S. The highest BCUT2D eigenvalue weighted by molar-refractivity contribution is 7.89. The van der Waals surface area contributed by atoms with E-state index in [1.165, 1.54) is 18.4 Å². The largest absolute Gasteiger partial charge is 0.467 e. The van der Waals surface area contributed by atoms with E-state index in [4.69, 9.17) is 9.15 Å². The number of hydrogen-bond donors (Lipinski definition) is 2. The highest BCUT2D eigenvalue weighted by Gasteiger charge is 2.18. The molecule has 8 nitrogen and oxygen atoms in total. The summed E-state index contributed by atoms with van der Waals surface area (Å²) in [5, 5.41) is 2.58. The van der Waals surface area contributed by atoms with Crippen LogP contribution in [0, 0.1) is 0 Å². The molecular weight excluding hydrogens is 456 g/mol. The van der Waals surface area contributed by atoms with E-state index in [0.717, 1.165) is 5.56 Å². The van der Waals surface area contributed by atoms with Crippen molar-refractivity contribution < 1.29 is 27.2 Å². The molecule has 2 aromatic carbocycles. The number of benzene rings is 2. The van der Waals surface area contributed by atoms with Crippen molar-refractivity contribution in [3.63, 3.8) is 0 Å². The van der Waals surface area contributed by atoms with Crippen molar-refractivity contribution >= 4 is 21.9 Å². The second-order valence-corrected chi connectivity index (χ2v) is 10.5. The number of rotatable bonds is 9. The zero-order valence-electron chi connectivity index (χ0n) is 19.3. The molecule has 0 saturated carbocycles. The van der Waals surface area contributed by atoms with E-state index in [1.807, 2.05) is 12.1 Å². The summed E-state index contributed by atoms with van der Waals surface area (Å²) >= 11 is 0. The minimum absolute atomic E-state index is 0.0634. The number of esters is 1. The van der Waals surface area contributed by atoms with Crippen LogP contribution in [0.5, 0.6) is 0 Å². The van der Waals surface area contributed by atoms with E-state index in [2.05, 4.69) is 30.8 Å². The molecule has 1 aromatic heterocycles. The minimum Gasteiger partial charge on any atom is -0.467 e. The van der Waals surface area contributed by atoms with Gasteiger partial charge >= 0.3 is 5.97 Å². The maximum atomic E-state index is 12.6. The third kappa shape index (κ3) is 7.03. The van der Waals surface area contributed by atoms with Crippen molar-refractivity contribution in [1.82, 2.24) is 10.0 Å². The molecule has 0 fully saturated rings. The Kier molecular flexibility index (Phi) is 7.90. The average molecular weight is 485 g/mol. The fourth-order valence-corrected chi connectivity index (χ4v) is 4.04. The maximum absolute atomic E-state index is 12.6. The summed E-state index contributed by atoms with van der Waals surface area (Å²) in [4.78, 5) is 24.1. The van der Waals surface area contributed by atoms with Gasteiger partial charge in [-0.3, -0.25) is 4.79 Å². The van der Waals surface area contributed by atoms with Crippen molar-refractivity contribution in [1.29, 1.82) is 0 Å². The molecule has 0 atom stereocenters. The highest BCUT2D eigenvalue weighted by atomic mass is 32.2. The Labute approximate surface area is 199 Å². The monoisotopic (exact) mass is 484 g/mol. The van der Waals surface area contributed by atoms with Crippen LogP contribution < -0.4 is 10.0 Å². The van der Waals surface area contributed by atoms with Crippen molar-refractivity contribution in [2.45, 2.75) is 44.2 Å². The second-order valence-electron chi connectivity index (χ2n) is 8.73. The first-order valence-corrected chi connectivity index (χ1v) is 12.2. The normalized spacial score (nSPS) is 11.7. The third-order valence-corrected chi connectivity index (χ3v) is 6.48. The summed E-state index contributed by atoms with van der Waals surface area (Å²) in [6.45, 7) is 6.03. The van der Waals surface area contributed by atoms with Crippen LogP contribution in [0.3, 0.4) is 0 Å². The first kappa shape index (κ1) is 25.2. The molecule has 0 radical (unpaired) electrons. The molecule has 0 spiro atoms. The smallest absolute Gasteiger partial charge is 0.338 e. The summed E-state index contributed by atoms with van der Waals surface area (Å²) < 4.78 is 37.9. The van der Waals surface area contributed by atoms with Crippen LogP contribution in [0.1, 0.15) is 48.0 Å². The summed E-state index contributed by atoms with van der Waals surface area (Å²) in [5.74, 6) is -0.515. The van der Waals surface area contributed by atoms with Crippen LogP contribution in [0.2, 0.25) is 0 Å². The van der Waals surface area contributed by atoms with Gasteiger partial charge < -0.3 is 14.5 Å². The molecule has 0 aliphatic carbocycles. The van der Waals surface area contributed by atoms with Crippen molar-refractivity contribution in [3.8, 4) is 0 Å². The Balaban J connectivity index is 1.49. The second kappa shape index (κ2) is 10.7. The molecule has 2 N–H and O–H groups in total. The maximum Gasteiger partial charge on any atom is 0.338 e. The van der Waals surface area contributed by atoms with Crippen molar-refractivity contribution in [2.24, 2.45) is 0 Å². The number of carbonyl (C=O) groups is 2. The van der Waals surface area contributed by atoms with Crippen LogP contribution >= 0.6 is 0 Å². The number of ether oxygens (including phenoxy) is 1. The van der Waals surface area contributed by atoms with Gasteiger partial charge in [0.2, 0.25) is 10.0 Å². The fourth-order valence-electron chi connectivity index (χ4n) is 3.02. The summed E-state index contributed by atoms with van der Waals surface area (Å²) in [7, 11) is -3.68. The van der Waals surface area contributed by atoms with Gasteiger partial charge in [0.1, 0.15) is 5.76 Å². The predicted octanol–water partition coefficient (Wildman–Crippen LogP) is 3.53. The Morgan fingerprint density at radius 3 is 2.21 bits per heavy atom. The topological polar surface area (TPSA) is 115 Å². The van der Waals surface area contributed by atoms with E-state index in [1.54, 1.807) is 36.4 Å². The van der Waals surface area contributed by atoms with Gasteiger partial charge in [0.15, 0.2) is 6.61 Å². The SMILES string of the molecule is CC(C)(C)c1ccc(S(=O)(=O)NCc2ccc(C(=O)OCC(=O)NCc3ccco3)cc2)cc1. The van der Waals surface area contributed by atoms with E-state index in [-0.39, 0.29) is 29.0 Å². The zero-order valence-corrected chi connectivity index (χ0v) is 20.1. The van der Waals surface area contributed by atoms with Crippen LogP contribution in [0.4, 0.5) is 0 Å². The molecule has 180 valence electrons. The average Bonchev–Trinajstić information content (AvgIpc) is 3.33. The lowest BCUT2D eigenvalue weighted by atomic mass is 9.87. The van der Waals surface area contributed by atoms with Gasteiger partial charge in [-0.25, -0.2) is 17.9 Å². The number of carbonyl (C=O) groups excluding carboxylic acids is 2. The molecule has 34 heavy (non-hydrogen) atoms. The first-order valence-electron chi connectivity index (χ1n) is 10.7. The lowest BCUT2D eigenvalue weighted by Crippen LogP contribution is -2.28. The molecule has 0 aliphatic rings. The van der Waals surface area contributed by atoms with Gasteiger partial charge in [-0.15, -0.1) is 0 Å². The Morgan fingerprint density at radius 1 is 0.941 bits per heavy atom. The van der Waals surface area contributed by atoms with E-state index in [9.17, 15) is 18.0 Å². The Bertz CT molecular complexity index is 1210. The van der Waals surface area contributed by atoms with E-state index in [0.29, 0.717) is 11.3 Å². The molecule has 3 aromatic rings. The Hall–Kier alpha value is -3.43. The zero-order chi connectivity index (χ0) is 24.8. The van der Waals surface area contributed by atoms with Crippen LogP contribution in [0.15, 0.2) is 76.2 Å². The first-order chi connectivity index (χ1) is 16.0. The number of sulfonamides is 1. The van der Waals surface area contributed by atoms with E-state index >= 15 is 0 Å². The fraction of sp³-hybridized carbons (Fsp3) is 0.280.